The van der Waals surface area contributed by atoms with Gasteiger partial charge in [-0.15, -0.1) is 11.8 Å². The molecule has 0 fully saturated rings. The molecule has 0 spiro atoms. The van der Waals surface area contributed by atoms with Gasteiger partial charge in [-0.05, 0) is 31.5 Å². The summed E-state index contributed by atoms with van der Waals surface area (Å²) < 4.78 is 0. The Morgan fingerprint density at radius 2 is 1.50 bits per heavy atom. The summed E-state index contributed by atoms with van der Waals surface area (Å²) in [5, 5.41) is 0. The Hall–Kier alpha value is -1.25. The van der Waals surface area contributed by atoms with Crippen molar-refractivity contribution >= 4 is 11.8 Å². The Morgan fingerprint density at radius 1 is 0.900 bits per heavy atom. The van der Waals surface area contributed by atoms with Crippen molar-refractivity contribution in [2.24, 2.45) is 0 Å². The van der Waals surface area contributed by atoms with Crippen molar-refractivity contribution in [2.75, 3.05) is 12.3 Å². The third kappa shape index (κ3) is 5.03. The third-order valence-corrected chi connectivity index (χ3v) is 4.34. The summed E-state index contributed by atoms with van der Waals surface area (Å²) in [6.07, 6.45) is 0. The zero-order valence-corrected chi connectivity index (χ0v) is 13.1. The summed E-state index contributed by atoms with van der Waals surface area (Å²) >= 11 is 1.94. The fraction of sp³-hybridized carbons (Fsp3) is 0.333. The Kier molecular flexibility index (Phi) is 6.16. The maximum atomic E-state index is 2.53. The lowest BCUT2D eigenvalue weighted by Crippen LogP contribution is -2.32. The van der Waals surface area contributed by atoms with Crippen LogP contribution in [0.1, 0.15) is 19.4 Å². The zero-order chi connectivity index (χ0) is 14.2. The van der Waals surface area contributed by atoms with Gasteiger partial charge in [0, 0.05) is 29.8 Å². The van der Waals surface area contributed by atoms with Crippen LogP contribution in [0.3, 0.4) is 0 Å². The Labute approximate surface area is 127 Å². The minimum Gasteiger partial charge on any atom is -0.296 e. The van der Waals surface area contributed by atoms with E-state index in [1.165, 1.54) is 10.5 Å². The number of nitrogens with zero attached hydrogens (tertiary/aromatic N) is 1. The molecule has 0 atom stereocenters. The second-order valence-corrected chi connectivity index (χ2v) is 6.38. The van der Waals surface area contributed by atoms with Crippen LogP contribution in [-0.2, 0) is 6.54 Å². The molecule has 0 aliphatic heterocycles. The van der Waals surface area contributed by atoms with E-state index in [4.69, 9.17) is 0 Å². The first-order valence-electron chi connectivity index (χ1n) is 7.21. The normalized spacial score (nSPS) is 11.2. The van der Waals surface area contributed by atoms with Crippen LogP contribution in [-0.4, -0.2) is 23.2 Å². The van der Waals surface area contributed by atoms with Crippen molar-refractivity contribution in [3.8, 4) is 0 Å². The van der Waals surface area contributed by atoms with Gasteiger partial charge in [-0.25, -0.2) is 0 Å². The van der Waals surface area contributed by atoms with Crippen LogP contribution in [0.15, 0.2) is 65.6 Å². The number of hydrogen-bond acceptors (Lipinski definition) is 2. The minimum atomic E-state index is 0.576. The van der Waals surface area contributed by atoms with Gasteiger partial charge in [0.15, 0.2) is 0 Å². The van der Waals surface area contributed by atoms with E-state index in [1.54, 1.807) is 0 Å². The van der Waals surface area contributed by atoms with Gasteiger partial charge in [-0.1, -0.05) is 48.5 Å². The molecule has 2 aromatic rings. The van der Waals surface area contributed by atoms with Crippen LogP contribution in [0, 0.1) is 0 Å². The van der Waals surface area contributed by atoms with Crippen molar-refractivity contribution in [1.29, 1.82) is 0 Å². The van der Waals surface area contributed by atoms with E-state index in [0.29, 0.717) is 6.04 Å². The molecule has 1 nitrogen and oxygen atoms in total. The highest BCUT2D eigenvalue weighted by Gasteiger charge is 2.09. The van der Waals surface area contributed by atoms with Crippen LogP contribution in [0.25, 0.3) is 0 Å². The first-order valence-corrected chi connectivity index (χ1v) is 8.20. The molecule has 106 valence electrons. The van der Waals surface area contributed by atoms with E-state index in [9.17, 15) is 0 Å². The Morgan fingerprint density at radius 3 is 2.10 bits per heavy atom. The van der Waals surface area contributed by atoms with Gasteiger partial charge in [-0.2, -0.15) is 0 Å². The van der Waals surface area contributed by atoms with Gasteiger partial charge in [0.2, 0.25) is 0 Å². The molecule has 0 N–H and O–H groups in total. The topological polar surface area (TPSA) is 3.24 Å². The van der Waals surface area contributed by atoms with Gasteiger partial charge in [0.25, 0.3) is 0 Å². The largest absolute Gasteiger partial charge is 0.296 e. The van der Waals surface area contributed by atoms with Crippen molar-refractivity contribution in [2.45, 2.75) is 31.3 Å². The van der Waals surface area contributed by atoms with Crippen LogP contribution in [0.2, 0.25) is 0 Å². The maximum absolute atomic E-state index is 2.53. The second kappa shape index (κ2) is 8.13. The van der Waals surface area contributed by atoms with Crippen LogP contribution in [0.5, 0.6) is 0 Å². The Bertz CT molecular complexity index is 481. The highest BCUT2D eigenvalue weighted by Crippen LogP contribution is 2.18. The summed E-state index contributed by atoms with van der Waals surface area (Å²) in [5.74, 6) is 1.13. The molecule has 0 aliphatic carbocycles. The number of benzene rings is 2. The molecule has 0 aliphatic rings. The lowest BCUT2D eigenvalue weighted by molar-refractivity contribution is 0.227. The van der Waals surface area contributed by atoms with Crippen LogP contribution >= 0.6 is 11.8 Å². The maximum Gasteiger partial charge on any atom is 0.0236 e. The summed E-state index contributed by atoms with van der Waals surface area (Å²) in [6.45, 7) is 6.70. The third-order valence-electron chi connectivity index (χ3n) is 3.35. The summed E-state index contributed by atoms with van der Waals surface area (Å²) in [6, 6.07) is 21.9. The molecule has 0 unspecified atom stereocenters. The van der Waals surface area contributed by atoms with Gasteiger partial charge < -0.3 is 0 Å². The van der Waals surface area contributed by atoms with Crippen molar-refractivity contribution in [3.63, 3.8) is 0 Å². The average Bonchev–Trinajstić information content (AvgIpc) is 2.48. The molecular formula is C18H23NS. The zero-order valence-electron chi connectivity index (χ0n) is 12.3. The van der Waals surface area contributed by atoms with Crippen LogP contribution < -0.4 is 0 Å². The fourth-order valence-corrected chi connectivity index (χ4v) is 3.05. The fourth-order valence-electron chi connectivity index (χ4n) is 2.14. The molecule has 2 aromatic carbocycles. The first kappa shape index (κ1) is 15.1. The highest BCUT2D eigenvalue weighted by atomic mass is 32.2. The van der Waals surface area contributed by atoms with Crippen molar-refractivity contribution in [3.05, 3.63) is 66.2 Å². The van der Waals surface area contributed by atoms with E-state index in [-0.39, 0.29) is 0 Å². The minimum absolute atomic E-state index is 0.576. The SMILES string of the molecule is CC(C)N(CCSc1ccccc1)Cc1ccccc1. The monoisotopic (exact) mass is 285 g/mol. The summed E-state index contributed by atoms with van der Waals surface area (Å²) in [4.78, 5) is 3.89. The van der Waals surface area contributed by atoms with Crippen molar-refractivity contribution in [1.82, 2.24) is 4.90 Å². The summed E-state index contributed by atoms with van der Waals surface area (Å²) in [5.41, 5.74) is 1.39. The lowest BCUT2D eigenvalue weighted by Gasteiger charge is -2.26. The van der Waals surface area contributed by atoms with E-state index in [1.807, 2.05) is 11.8 Å². The van der Waals surface area contributed by atoms with Crippen LogP contribution in [0.4, 0.5) is 0 Å². The molecule has 0 saturated heterocycles. The molecule has 0 heterocycles. The van der Waals surface area contributed by atoms with Gasteiger partial charge in [0.1, 0.15) is 0 Å². The van der Waals surface area contributed by atoms with Crippen molar-refractivity contribution < 1.29 is 0 Å². The number of rotatable bonds is 7. The number of thioether (sulfide) groups is 1. The second-order valence-electron chi connectivity index (χ2n) is 5.21. The molecule has 0 bridgehead atoms. The number of hydrogen-bond donors (Lipinski definition) is 0. The first-order chi connectivity index (χ1) is 9.75. The lowest BCUT2D eigenvalue weighted by atomic mass is 10.2. The van der Waals surface area contributed by atoms with Gasteiger partial charge in [0.05, 0.1) is 0 Å². The van der Waals surface area contributed by atoms with Gasteiger partial charge in [-0.3, -0.25) is 4.90 Å². The van der Waals surface area contributed by atoms with E-state index < -0.39 is 0 Å². The highest BCUT2D eigenvalue weighted by molar-refractivity contribution is 7.99. The molecule has 0 amide bonds. The molecule has 0 radical (unpaired) electrons. The molecule has 2 heteroatoms. The van der Waals surface area contributed by atoms with E-state index in [2.05, 4.69) is 79.4 Å². The quantitative estimate of drug-likeness (QED) is 0.679. The molecular weight excluding hydrogens is 262 g/mol. The predicted octanol–water partition coefficient (Wildman–Crippen LogP) is 4.69. The standard InChI is InChI=1S/C18H23NS/c1-16(2)19(15-17-9-5-3-6-10-17)13-14-20-18-11-7-4-8-12-18/h3-12,16H,13-15H2,1-2H3. The van der Waals surface area contributed by atoms with Gasteiger partial charge >= 0.3 is 0 Å². The smallest absolute Gasteiger partial charge is 0.0236 e. The molecule has 0 aromatic heterocycles. The molecule has 0 saturated carbocycles. The molecule has 2 rings (SSSR count). The summed E-state index contributed by atoms with van der Waals surface area (Å²) in [7, 11) is 0. The van der Waals surface area contributed by atoms with E-state index >= 15 is 0 Å². The Balaban J connectivity index is 1.84. The molecule has 20 heavy (non-hydrogen) atoms. The predicted molar refractivity (Wildman–Crippen MR) is 89.2 cm³/mol. The van der Waals surface area contributed by atoms with E-state index in [0.717, 1.165) is 18.8 Å². The average molecular weight is 285 g/mol.